The Morgan fingerprint density at radius 2 is 0.570 bits per heavy atom. The van der Waals surface area contributed by atoms with Crippen molar-refractivity contribution in [1.82, 2.24) is 49.8 Å². The molecule has 0 fully saturated rings. The van der Waals surface area contributed by atoms with Crippen molar-refractivity contribution in [3.05, 3.63) is 315 Å². The summed E-state index contributed by atoms with van der Waals surface area (Å²) in [5.74, 6) is 4.42. The minimum Gasteiger partial charge on any atom is -0.455 e. The fourth-order valence-electron chi connectivity index (χ4n) is 16.4. The molecule has 0 saturated carbocycles. The number of para-hydroxylation sites is 2. The zero-order chi connectivity index (χ0) is 74.6. The van der Waals surface area contributed by atoms with Gasteiger partial charge >= 0.3 is 0 Å². The van der Waals surface area contributed by atoms with Gasteiger partial charge in [-0.15, -0.1) is 45.3 Å². The van der Waals surface area contributed by atoms with E-state index in [1.807, 2.05) is 66.7 Å². The second-order valence-corrected chi connectivity index (χ2v) is 32.6. The van der Waals surface area contributed by atoms with Crippen molar-refractivity contribution in [3.63, 3.8) is 0 Å². The van der Waals surface area contributed by atoms with Gasteiger partial charge in [0.25, 0.3) is 0 Å². The minimum atomic E-state index is 0.511. The molecule has 10 aromatic heterocycles. The highest BCUT2D eigenvalue weighted by Gasteiger charge is 2.28. The molecule has 24 aromatic rings. The van der Waals surface area contributed by atoms with Crippen LogP contribution in [0.15, 0.2) is 324 Å². The van der Waals surface area contributed by atoms with Crippen LogP contribution < -0.4 is 0 Å². The molecule has 0 spiro atoms. The van der Waals surface area contributed by atoms with E-state index in [-0.39, 0.29) is 0 Å². The van der Waals surface area contributed by atoms with Crippen LogP contribution in [0.5, 0.6) is 0 Å². The standard InChI is InChI=1S/C98H52N10O2S4/c1-4-22-54(23-5-1)82-89-84(62-30-12-15-44-76(62)113-89)101-97(99-82)69-38-17-32-63-79-65(34-19-40-72(79)109-86(63)69)94-106-92(103-93(107-94)58-50-51-77-71(52-58)60-28-10-13-42-74(60)111-77)57-48-46-53(47-49-57)59-31-16-37-68-85-90(114-88(59)68)83(55-24-6-2-7-25-55)100-98(102-85)70-39-18-33-64-80-66(35-20-41-73(80)110-87(64)70)95-104-91(56-26-8-3-9-27-56)105-96(108-95)67-36-21-45-78-81(67)61-29-11-14-43-75(61)112-78/h1-52H. The number of furan rings is 2. The van der Waals surface area contributed by atoms with Crippen LogP contribution >= 0.6 is 45.3 Å². The number of thiophene rings is 4. The SMILES string of the molecule is c1ccc(-c2nc(-c3cccc4oc5c(-c6nc(-c7ccccc7)c7sc8c(-c9ccc(-c%10nc(-c%11ccc%12sc%13ccccc%13c%12c%11)nc(-c%11cccc%12oc%13c(-c%14nc(-c%15ccccc%15)c%15sc%16ccccc%16c%15n%14)cccc%13c%11%12)n%10)cc9)cccc8c7n6)cccc5c34)nc(-c3cccc4sc5ccccc5c34)n2)cc1. The Bertz CT molecular complexity index is 8130. The lowest BCUT2D eigenvalue weighted by Crippen LogP contribution is -2.00. The monoisotopic (exact) mass is 1530 g/mol. The van der Waals surface area contributed by atoms with Crippen molar-refractivity contribution in [1.29, 1.82) is 0 Å². The van der Waals surface area contributed by atoms with Crippen molar-refractivity contribution >= 4 is 170 Å². The van der Waals surface area contributed by atoms with E-state index in [1.54, 1.807) is 45.3 Å². The number of nitrogens with zero attached hydrogens (tertiary/aromatic N) is 10. The van der Waals surface area contributed by atoms with Gasteiger partial charge in [-0.3, -0.25) is 0 Å². The zero-order valence-electron chi connectivity index (χ0n) is 59.9. The normalized spacial score (nSPS) is 12.0. The number of aromatic nitrogens is 10. The maximum absolute atomic E-state index is 7.07. The van der Waals surface area contributed by atoms with Crippen molar-refractivity contribution in [2.75, 3.05) is 0 Å². The maximum Gasteiger partial charge on any atom is 0.164 e. The zero-order valence-corrected chi connectivity index (χ0v) is 63.2. The molecule has 0 unspecified atom stereocenters. The van der Waals surface area contributed by atoms with Crippen LogP contribution in [-0.2, 0) is 0 Å². The Morgan fingerprint density at radius 1 is 0.193 bits per heavy atom. The second kappa shape index (κ2) is 25.7. The lowest BCUT2D eigenvalue weighted by molar-refractivity contribution is 0.669. The van der Waals surface area contributed by atoms with Gasteiger partial charge in [0.05, 0.1) is 42.9 Å². The van der Waals surface area contributed by atoms with Crippen molar-refractivity contribution < 1.29 is 8.83 Å². The van der Waals surface area contributed by atoms with Crippen LogP contribution in [0.2, 0.25) is 0 Å². The molecular weight excluding hydrogens is 1480 g/mol. The number of benzene rings is 14. The largest absolute Gasteiger partial charge is 0.455 e. The van der Waals surface area contributed by atoms with Gasteiger partial charge in [-0.25, -0.2) is 49.8 Å². The van der Waals surface area contributed by atoms with Crippen molar-refractivity contribution in [2.24, 2.45) is 0 Å². The first-order valence-corrected chi connectivity index (χ1v) is 40.7. The summed E-state index contributed by atoms with van der Waals surface area (Å²) in [4.78, 5) is 54.1. The molecule has 0 amide bonds. The molecule has 530 valence electrons. The van der Waals surface area contributed by atoms with Crippen LogP contribution in [0.3, 0.4) is 0 Å². The molecule has 0 aliphatic heterocycles. The second-order valence-electron chi connectivity index (χ2n) is 28.3. The molecule has 0 aliphatic carbocycles. The topological polar surface area (TPSA) is 155 Å². The highest BCUT2D eigenvalue weighted by Crippen LogP contribution is 2.49. The van der Waals surface area contributed by atoms with E-state index in [9.17, 15) is 0 Å². The molecule has 0 radical (unpaired) electrons. The molecule has 16 heteroatoms. The molecule has 0 aliphatic rings. The average Bonchev–Trinajstić information content (AvgIpc) is 1.58. The first kappa shape index (κ1) is 64.5. The summed E-state index contributed by atoms with van der Waals surface area (Å²) in [6.45, 7) is 0. The molecule has 0 saturated heterocycles. The molecule has 14 aromatic carbocycles. The third-order valence-corrected chi connectivity index (χ3v) is 26.4. The molecule has 12 nitrogen and oxygen atoms in total. The Morgan fingerprint density at radius 3 is 1.18 bits per heavy atom. The summed E-state index contributed by atoms with van der Waals surface area (Å²) < 4.78 is 23.1. The van der Waals surface area contributed by atoms with Gasteiger partial charge in [-0.05, 0) is 77.9 Å². The third-order valence-electron chi connectivity index (χ3n) is 21.7. The summed E-state index contributed by atoms with van der Waals surface area (Å²) in [5.41, 5.74) is 17.0. The number of rotatable bonds is 11. The summed E-state index contributed by atoms with van der Waals surface area (Å²) in [5, 5.41) is 10.3. The average molecular weight is 1530 g/mol. The third kappa shape index (κ3) is 10.3. The molecule has 114 heavy (non-hydrogen) atoms. The van der Waals surface area contributed by atoms with Crippen LogP contribution in [0.4, 0.5) is 0 Å². The first-order chi connectivity index (χ1) is 56.5. The summed E-state index contributed by atoms with van der Waals surface area (Å²) >= 11 is 6.98. The molecule has 10 heterocycles. The van der Waals surface area contributed by atoms with Crippen molar-refractivity contribution in [2.45, 2.75) is 0 Å². The van der Waals surface area contributed by atoms with E-state index in [0.717, 1.165) is 151 Å². The number of fused-ring (bicyclic) bond motifs is 18. The highest BCUT2D eigenvalue weighted by molar-refractivity contribution is 7.27. The van der Waals surface area contributed by atoms with Crippen molar-refractivity contribution in [3.8, 4) is 125 Å². The van der Waals surface area contributed by atoms with E-state index in [2.05, 4.69) is 249 Å². The van der Waals surface area contributed by atoms with Crippen LogP contribution in [0, 0.1) is 0 Å². The number of hydrogen-bond acceptors (Lipinski definition) is 16. The Labute approximate surface area is 664 Å². The summed E-state index contributed by atoms with van der Waals surface area (Å²) in [6.07, 6.45) is 0. The molecule has 0 N–H and O–H groups in total. The summed E-state index contributed by atoms with van der Waals surface area (Å²) in [7, 11) is 0. The van der Waals surface area contributed by atoms with Gasteiger partial charge in [0.15, 0.2) is 46.6 Å². The van der Waals surface area contributed by atoms with E-state index in [1.165, 1.54) is 29.6 Å². The minimum absolute atomic E-state index is 0.511. The van der Waals surface area contributed by atoms with E-state index < -0.39 is 0 Å². The quantitative estimate of drug-likeness (QED) is 0.121. The van der Waals surface area contributed by atoms with Gasteiger partial charge in [-0.1, -0.05) is 249 Å². The highest BCUT2D eigenvalue weighted by atomic mass is 32.1. The lowest BCUT2D eigenvalue weighted by Gasteiger charge is -2.10. The van der Waals surface area contributed by atoms with Gasteiger partial charge in [-0.2, -0.15) is 0 Å². The Kier molecular flexibility index (Phi) is 14.5. The fourth-order valence-corrected chi connectivity index (χ4v) is 21.1. The molecule has 0 atom stereocenters. The Hall–Kier alpha value is -14.3. The predicted octanol–water partition coefficient (Wildman–Crippen LogP) is 27.2. The van der Waals surface area contributed by atoms with E-state index in [4.69, 9.17) is 58.7 Å². The van der Waals surface area contributed by atoms with Gasteiger partial charge < -0.3 is 8.83 Å². The van der Waals surface area contributed by atoms with E-state index >= 15 is 0 Å². The van der Waals surface area contributed by atoms with Gasteiger partial charge in [0.2, 0.25) is 0 Å². The van der Waals surface area contributed by atoms with Gasteiger partial charge in [0, 0.05) is 127 Å². The maximum atomic E-state index is 7.07. The smallest absolute Gasteiger partial charge is 0.164 e. The fraction of sp³-hybridized carbons (Fsp3) is 0. The molecule has 24 rings (SSSR count). The molecule has 0 bridgehead atoms. The van der Waals surface area contributed by atoms with Crippen LogP contribution in [0.25, 0.3) is 250 Å². The van der Waals surface area contributed by atoms with Crippen LogP contribution in [0.1, 0.15) is 0 Å². The molecular formula is C98H52N10O2S4. The van der Waals surface area contributed by atoms with Crippen LogP contribution in [-0.4, -0.2) is 49.8 Å². The first-order valence-electron chi connectivity index (χ1n) is 37.4. The van der Waals surface area contributed by atoms with E-state index in [0.29, 0.717) is 68.9 Å². The van der Waals surface area contributed by atoms with Gasteiger partial charge in [0.1, 0.15) is 22.3 Å². The number of hydrogen-bond donors (Lipinski definition) is 0. The predicted molar refractivity (Wildman–Crippen MR) is 470 cm³/mol. The lowest BCUT2D eigenvalue weighted by atomic mass is 10.0. The Balaban J connectivity index is 0.630. The summed E-state index contributed by atoms with van der Waals surface area (Å²) in [6, 6.07) is 109.